The molecule has 13 heavy (non-hydrogen) atoms. The first-order chi connectivity index (χ1) is 6.17. The summed E-state index contributed by atoms with van der Waals surface area (Å²) in [4.78, 5) is 2.28. The van der Waals surface area contributed by atoms with Gasteiger partial charge in [-0.3, -0.25) is 4.90 Å². The van der Waals surface area contributed by atoms with Gasteiger partial charge in [-0.05, 0) is 6.92 Å². The monoisotopic (exact) mass is 188 g/mol. The van der Waals surface area contributed by atoms with Crippen molar-refractivity contribution in [2.45, 2.75) is 25.2 Å². The van der Waals surface area contributed by atoms with E-state index in [0.717, 1.165) is 19.6 Å². The van der Waals surface area contributed by atoms with Gasteiger partial charge in [-0.15, -0.1) is 0 Å². The summed E-state index contributed by atoms with van der Waals surface area (Å²) in [6, 6.07) is 0.216. The van der Waals surface area contributed by atoms with E-state index in [1.54, 1.807) is 14.2 Å². The number of rotatable bonds is 4. The first-order valence-corrected chi connectivity index (χ1v) is 4.71. The molecule has 0 aromatic carbocycles. The molecule has 4 heteroatoms. The molecule has 1 aliphatic rings. The summed E-state index contributed by atoms with van der Waals surface area (Å²) >= 11 is 0. The van der Waals surface area contributed by atoms with Crippen molar-refractivity contribution < 1.29 is 9.47 Å². The van der Waals surface area contributed by atoms with E-state index >= 15 is 0 Å². The Morgan fingerprint density at radius 1 is 1.31 bits per heavy atom. The summed E-state index contributed by atoms with van der Waals surface area (Å²) in [5, 5.41) is 0. The maximum Gasteiger partial charge on any atom is 0.0971 e. The van der Waals surface area contributed by atoms with Crippen LogP contribution < -0.4 is 5.73 Å². The average Bonchev–Trinajstić information content (AvgIpc) is 2.45. The Balaban J connectivity index is 2.38. The Hall–Kier alpha value is -0.160. The van der Waals surface area contributed by atoms with Gasteiger partial charge in [0.25, 0.3) is 0 Å². The molecule has 1 rings (SSSR count). The molecule has 0 saturated carbocycles. The molecular formula is C9H20N2O2. The van der Waals surface area contributed by atoms with Crippen LogP contribution in [0.5, 0.6) is 0 Å². The van der Waals surface area contributed by atoms with Gasteiger partial charge in [0.05, 0.1) is 12.2 Å². The average molecular weight is 188 g/mol. The highest BCUT2D eigenvalue weighted by molar-refractivity contribution is 4.86. The first kappa shape index (κ1) is 10.9. The van der Waals surface area contributed by atoms with Crippen LogP contribution in [0.25, 0.3) is 0 Å². The largest absolute Gasteiger partial charge is 0.377 e. The molecule has 2 unspecified atom stereocenters. The SMILES string of the molecule is COC1CN(C[C@H](C)N)CC1OC. The second-order valence-corrected chi connectivity index (χ2v) is 3.74. The van der Waals surface area contributed by atoms with Crippen molar-refractivity contribution in [2.75, 3.05) is 33.9 Å². The van der Waals surface area contributed by atoms with Crippen LogP contribution in [0.4, 0.5) is 0 Å². The number of nitrogens with two attached hydrogens (primary N) is 1. The van der Waals surface area contributed by atoms with Gasteiger partial charge in [0.1, 0.15) is 0 Å². The maximum absolute atomic E-state index is 5.72. The second kappa shape index (κ2) is 4.91. The van der Waals surface area contributed by atoms with Crippen molar-refractivity contribution in [1.29, 1.82) is 0 Å². The number of methoxy groups -OCH3 is 2. The minimum atomic E-state index is 0.198. The van der Waals surface area contributed by atoms with Gasteiger partial charge >= 0.3 is 0 Å². The number of likely N-dealkylation sites (tertiary alicyclic amines) is 1. The Morgan fingerprint density at radius 3 is 2.08 bits per heavy atom. The van der Waals surface area contributed by atoms with E-state index in [9.17, 15) is 0 Å². The van der Waals surface area contributed by atoms with Crippen molar-refractivity contribution in [3.8, 4) is 0 Å². The van der Waals surface area contributed by atoms with Gasteiger partial charge in [0.2, 0.25) is 0 Å². The first-order valence-electron chi connectivity index (χ1n) is 4.71. The zero-order valence-electron chi connectivity index (χ0n) is 8.69. The summed E-state index contributed by atoms with van der Waals surface area (Å²) in [5.41, 5.74) is 5.72. The fraction of sp³-hybridized carbons (Fsp3) is 1.00. The van der Waals surface area contributed by atoms with Gasteiger partial charge in [-0.1, -0.05) is 0 Å². The topological polar surface area (TPSA) is 47.7 Å². The van der Waals surface area contributed by atoms with Gasteiger partial charge in [-0.25, -0.2) is 0 Å². The minimum absolute atomic E-state index is 0.198. The quantitative estimate of drug-likeness (QED) is 0.657. The fourth-order valence-corrected chi connectivity index (χ4v) is 1.83. The third-order valence-electron chi connectivity index (χ3n) is 2.44. The van der Waals surface area contributed by atoms with Crippen LogP contribution >= 0.6 is 0 Å². The lowest BCUT2D eigenvalue weighted by Gasteiger charge is -2.17. The van der Waals surface area contributed by atoms with Crippen molar-refractivity contribution in [3.63, 3.8) is 0 Å². The third kappa shape index (κ3) is 2.91. The standard InChI is InChI=1S/C9H20N2O2/c1-7(10)4-11-5-8(12-2)9(6-11)13-3/h7-9H,4-6,10H2,1-3H3/t7-,8?,9?/m0/s1. The van der Waals surface area contributed by atoms with Gasteiger partial charge < -0.3 is 15.2 Å². The van der Waals surface area contributed by atoms with Crippen LogP contribution in [0.3, 0.4) is 0 Å². The lowest BCUT2D eigenvalue weighted by molar-refractivity contribution is -0.00461. The van der Waals surface area contributed by atoms with E-state index in [0.29, 0.717) is 0 Å². The lowest BCUT2D eigenvalue weighted by Crippen LogP contribution is -2.34. The molecule has 4 nitrogen and oxygen atoms in total. The molecule has 0 bridgehead atoms. The summed E-state index contributed by atoms with van der Waals surface area (Å²) in [6.45, 7) is 4.79. The third-order valence-corrected chi connectivity index (χ3v) is 2.44. The van der Waals surface area contributed by atoms with Crippen LogP contribution in [0, 0.1) is 0 Å². The van der Waals surface area contributed by atoms with E-state index in [-0.39, 0.29) is 18.2 Å². The number of nitrogens with zero attached hydrogens (tertiary/aromatic N) is 1. The van der Waals surface area contributed by atoms with E-state index in [4.69, 9.17) is 15.2 Å². The molecule has 3 atom stereocenters. The van der Waals surface area contributed by atoms with Crippen molar-refractivity contribution in [2.24, 2.45) is 5.73 Å². The zero-order chi connectivity index (χ0) is 9.84. The van der Waals surface area contributed by atoms with Gasteiger partial charge in [0.15, 0.2) is 0 Å². The normalized spacial score (nSPS) is 32.3. The van der Waals surface area contributed by atoms with Gasteiger partial charge in [-0.2, -0.15) is 0 Å². The smallest absolute Gasteiger partial charge is 0.0971 e. The van der Waals surface area contributed by atoms with Crippen molar-refractivity contribution in [1.82, 2.24) is 4.90 Å². The van der Waals surface area contributed by atoms with Crippen LogP contribution in [-0.4, -0.2) is 57.0 Å². The summed E-state index contributed by atoms with van der Waals surface area (Å²) in [5.74, 6) is 0. The highest BCUT2D eigenvalue weighted by atomic mass is 16.5. The molecule has 0 aromatic rings. The molecule has 1 fully saturated rings. The Labute approximate surface area is 80.0 Å². The lowest BCUT2D eigenvalue weighted by atomic mass is 10.3. The molecule has 0 aliphatic carbocycles. The minimum Gasteiger partial charge on any atom is -0.377 e. The highest BCUT2D eigenvalue weighted by Gasteiger charge is 2.32. The summed E-state index contributed by atoms with van der Waals surface area (Å²) < 4.78 is 10.6. The molecule has 0 radical (unpaired) electrons. The van der Waals surface area contributed by atoms with Crippen LogP contribution in [0.1, 0.15) is 6.92 Å². The molecular weight excluding hydrogens is 168 g/mol. The Kier molecular flexibility index (Phi) is 4.12. The Bertz CT molecular complexity index is 141. The predicted molar refractivity (Wildman–Crippen MR) is 51.7 cm³/mol. The molecule has 2 N–H and O–H groups in total. The van der Waals surface area contributed by atoms with Crippen LogP contribution in [-0.2, 0) is 9.47 Å². The highest BCUT2D eigenvalue weighted by Crippen LogP contribution is 2.15. The number of hydrogen-bond acceptors (Lipinski definition) is 4. The van der Waals surface area contributed by atoms with Crippen LogP contribution in [0.15, 0.2) is 0 Å². The predicted octanol–water partition coefficient (Wildman–Crippen LogP) is -0.321. The number of hydrogen-bond donors (Lipinski definition) is 1. The molecule has 78 valence electrons. The van der Waals surface area contributed by atoms with E-state index < -0.39 is 0 Å². The maximum atomic E-state index is 5.72. The van der Waals surface area contributed by atoms with Crippen molar-refractivity contribution in [3.05, 3.63) is 0 Å². The van der Waals surface area contributed by atoms with Gasteiger partial charge in [0, 0.05) is 39.9 Å². The molecule has 1 saturated heterocycles. The molecule has 0 amide bonds. The second-order valence-electron chi connectivity index (χ2n) is 3.74. The van der Waals surface area contributed by atoms with E-state index in [1.165, 1.54) is 0 Å². The van der Waals surface area contributed by atoms with E-state index in [2.05, 4.69) is 4.90 Å². The summed E-state index contributed by atoms with van der Waals surface area (Å²) in [7, 11) is 3.46. The fourth-order valence-electron chi connectivity index (χ4n) is 1.83. The van der Waals surface area contributed by atoms with Crippen molar-refractivity contribution >= 4 is 0 Å². The molecule has 1 heterocycles. The Morgan fingerprint density at radius 2 is 1.77 bits per heavy atom. The van der Waals surface area contributed by atoms with E-state index in [1.807, 2.05) is 6.92 Å². The zero-order valence-corrected chi connectivity index (χ0v) is 8.69. The summed E-state index contributed by atoms with van der Waals surface area (Å²) in [6.07, 6.45) is 0.396. The van der Waals surface area contributed by atoms with Crippen LogP contribution in [0.2, 0.25) is 0 Å². The molecule has 1 aliphatic heterocycles. The molecule has 0 aromatic heterocycles. The number of ether oxygens (including phenoxy) is 2. The molecule has 0 spiro atoms.